The molecule has 0 N–H and O–H groups in total. The number of carbonyl (C=O) groups excluding carboxylic acids is 1. The largest absolute Gasteiger partial charge is 0.460 e. The van der Waals surface area contributed by atoms with E-state index in [0.29, 0.717) is 6.07 Å². The van der Waals surface area contributed by atoms with Gasteiger partial charge in [0.25, 0.3) is 0 Å². The molecule has 11 heteroatoms. The Morgan fingerprint density at radius 3 is 1.83 bits per heavy atom. The predicted octanol–water partition coefficient (Wildman–Crippen LogP) is 5.30. The van der Waals surface area contributed by atoms with Crippen LogP contribution in [0, 0.1) is 6.92 Å². The summed E-state index contributed by atoms with van der Waals surface area (Å²) >= 11 is 5.37. The number of rotatable bonds is 4. The molecule has 0 radical (unpaired) electrons. The molecule has 0 aliphatic heterocycles. The van der Waals surface area contributed by atoms with Crippen molar-refractivity contribution in [3.8, 4) is 0 Å². The fourth-order valence-corrected chi connectivity index (χ4v) is 1.70. The number of hydrogen-bond donors (Lipinski definition) is 0. The first-order chi connectivity index (χ1) is 10.1. The number of ketones is 1. The van der Waals surface area contributed by atoms with E-state index in [9.17, 15) is 44.3 Å². The Morgan fingerprint density at radius 1 is 0.913 bits per heavy atom. The smallest absolute Gasteiger partial charge is 0.287 e. The molecule has 0 atom stereocenters. The van der Waals surface area contributed by atoms with Crippen LogP contribution in [0.4, 0.5) is 39.5 Å². The summed E-state index contributed by atoms with van der Waals surface area (Å²) in [6.45, 7) is 0.986. The molecule has 0 aliphatic carbocycles. The van der Waals surface area contributed by atoms with Gasteiger partial charge in [0.2, 0.25) is 5.78 Å². The van der Waals surface area contributed by atoms with Crippen molar-refractivity contribution in [2.75, 3.05) is 0 Å². The first-order valence-corrected chi connectivity index (χ1v) is 5.96. The van der Waals surface area contributed by atoms with Crippen molar-refractivity contribution in [3.63, 3.8) is 0 Å². The lowest BCUT2D eigenvalue weighted by Crippen LogP contribution is -2.63. The lowest BCUT2D eigenvalue weighted by molar-refractivity contribution is -0.386. The Hall–Kier alpha value is -1.45. The van der Waals surface area contributed by atoms with Gasteiger partial charge in [-0.05, 0) is 24.6 Å². The van der Waals surface area contributed by atoms with Gasteiger partial charge in [-0.1, -0.05) is 17.7 Å². The Labute approximate surface area is 128 Å². The van der Waals surface area contributed by atoms with Gasteiger partial charge in [-0.25, -0.2) is 0 Å². The average Bonchev–Trinajstić information content (AvgIpc) is 2.38. The number of halogens is 10. The Morgan fingerprint density at radius 2 is 1.39 bits per heavy atom. The molecule has 1 aromatic carbocycles. The summed E-state index contributed by atoms with van der Waals surface area (Å²) in [5.41, 5.74) is -1.55. The van der Waals surface area contributed by atoms with E-state index in [2.05, 4.69) is 0 Å². The summed E-state index contributed by atoms with van der Waals surface area (Å²) in [7, 11) is 0. The third kappa shape index (κ3) is 3.00. The number of benzene rings is 1. The molecule has 0 unspecified atom stereocenters. The number of carbonyl (C=O) groups is 1. The zero-order valence-corrected chi connectivity index (χ0v) is 11.7. The predicted molar refractivity (Wildman–Crippen MR) is 61.4 cm³/mol. The normalized spacial score (nSPS) is 14.0. The van der Waals surface area contributed by atoms with Gasteiger partial charge >= 0.3 is 23.9 Å². The van der Waals surface area contributed by atoms with Gasteiger partial charge in [0, 0.05) is 10.6 Å². The van der Waals surface area contributed by atoms with Crippen molar-refractivity contribution in [1.29, 1.82) is 0 Å². The van der Waals surface area contributed by atoms with Crippen LogP contribution in [0.25, 0.3) is 0 Å². The SMILES string of the molecule is Cc1ccc(Cl)cc1C(=O)C(F)(F)C(F)(F)C(F)(F)C(F)(F)F. The Balaban J connectivity index is 3.45. The molecule has 0 spiro atoms. The number of alkyl halides is 9. The lowest BCUT2D eigenvalue weighted by atomic mass is 9.93. The van der Waals surface area contributed by atoms with Crippen molar-refractivity contribution in [1.82, 2.24) is 0 Å². The Kier molecular flexibility index (Phi) is 4.75. The van der Waals surface area contributed by atoms with Crippen LogP contribution < -0.4 is 0 Å². The second kappa shape index (κ2) is 5.57. The standard InChI is InChI=1S/C12H6ClF9O/c1-5-2-3-6(13)4-7(5)8(23)9(14,15)10(16,17)11(18,19)12(20,21)22/h2-4H,1H3. The van der Waals surface area contributed by atoms with Gasteiger partial charge < -0.3 is 0 Å². The molecule has 1 aromatic rings. The first kappa shape index (κ1) is 19.6. The minimum absolute atomic E-state index is 0.356. The monoisotopic (exact) mass is 372 g/mol. The molecule has 0 saturated carbocycles. The fourth-order valence-electron chi connectivity index (χ4n) is 1.53. The van der Waals surface area contributed by atoms with Crippen molar-refractivity contribution in [2.45, 2.75) is 30.9 Å². The van der Waals surface area contributed by atoms with Crippen molar-refractivity contribution < 1.29 is 44.3 Å². The minimum Gasteiger partial charge on any atom is -0.287 e. The van der Waals surface area contributed by atoms with Gasteiger partial charge in [-0.3, -0.25) is 4.79 Å². The van der Waals surface area contributed by atoms with Crippen molar-refractivity contribution in [3.05, 3.63) is 34.3 Å². The van der Waals surface area contributed by atoms with Gasteiger partial charge in [0.05, 0.1) is 0 Å². The van der Waals surface area contributed by atoms with Crippen LogP contribution in [0.3, 0.4) is 0 Å². The van der Waals surface area contributed by atoms with Crippen LogP contribution in [0.1, 0.15) is 15.9 Å². The van der Waals surface area contributed by atoms with E-state index >= 15 is 0 Å². The maximum atomic E-state index is 13.5. The fraction of sp³-hybridized carbons (Fsp3) is 0.417. The quantitative estimate of drug-likeness (QED) is 0.518. The average molecular weight is 373 g/mol. The zero-order valence-electron chi connectivity index (χ0n) is 10.9. The molecule has 0 bridgehead atoms. The highest BCUT2D eigenvalue weighted by Crippen LogP contribution is 2.53. The summed E-state index contributed by atoms with van der Waals surface area (Å²) in [6, 6.07) is 2.48. The van der Waals surface area contributed by atoms with Gasteiger partial charge in [0.15, 0.2) is 0 Å². The van der Waals surface area contributed by atoms with Crippen LogP contribution in [-0.2, 0) is 0 Å². The molecule has 0 heterocycles. The molecule has 23 heavy (non-hydrogen) atoms. The summed E-state index contributed by atoms with van der Waals surface area (Å²) in [5.74, 6) is -23.3. The van der Waals surface area contributed by atoms with E-state index in [4.69, 9.17) is 11.6 Å². The summed E-state index contributed by atoms with van der Waals surface area (Å²) in [5, 5.41) is -0.374. The third-order valence-electron chi connectivity index (χ3n) is 2.87. The van der Waals surface area contributed by atoms with Crippen LogP contribution in [0.15, 0.2) is 18.2 Å². The molecular weight excluding hydrogens is 367 g/mol. The van der Waals surface area contributed by atoms with E-state index in [1.807, 2.05) is 0 Å². The number of aryl methyl sites for hydroxylation is 1. The van der Waals surface area contributed by atoms with E-state index in [1.54, 1.807) is 0 Å². The third-order valence-corrected chi connectivity index (χ3v) is 3.11. The van der Waals surface area contributed by atoms with Crippen LogP contribution in [-0.4, -0.2) is 29.7 Å². The maximum absolute atomic E-state index is 13.5. The molecule has 1 nitrogen and oxygen atoms in total. The van der Waals surface area contributed by atoms with E-state index in [1.165, 1.54) is 0 Å². The molecule has 0 aliphatic rings. The number of hydrogen-bond acceptors (Lipinski definition) is 1. The van der Waals surface area contributed by atoms with Gasteiger partial charge in [-0.2, -0.15) is 39.5 Å². The molecule has 0 fully saturated rings. The topological polar surface area (TPSA) is 17.1 Å². The zero-order chi connectivity index (χ0) is 18.4. The van der Waals surface area contributed by atoms with Crippen LogP contribution >= 0.6 is 11.6 Å². The number of Topliss-reactive ketones (excluding diaryl/α,β-unsaturated/α-hetero) is 1. The summed E-state index contributed by atoms with van der Waals surface area (Å²) < 4.78 is 115. The molecule has 130 valence electrons. The second-order valence-corrected chi connectivity index (χ2v) is 4.95. The van der Waals surface area contributed by atoms with Crippen LogP contribution in [0.5, 0.6) is 0 Å². The first-order valence-electron chi connectivity index (χ1n) is 5.58. The summed E-state index contributed by atoms with van der Waals surface area (Å²) in [4.78, 5) is 11.5. The molecule has 0 amide bonds. The second-order valence-electron chi connectivity index (χ2n) is 4.51. The highest BCUT2D eigenvalue weighted by molar-refractivity contribution is 6.31. The lowest BCUT2D eigenvalue weighted by Gasteiger charge is -2.32. The van der Waals surface area contributed by atoms with Crippen molar-refractivity contribution in [2.24, 2.45) is 0 Å². The highest BCUT2D eigenvalue weighted by Gasteiger charge is 2.83. The molecule has 0 aromatic heterocycles. The van der Waals surface area contributed by atoms with Crippen LogP contribution in [0.2, 0.25) is 5.02 Å². The van der Waals surface area contributed by atoms with E-state index < -0.39 is 35.3 Å². The van der Waals surface area contributed by atoms with E-state index in [-0.39, 0.29) is 10.6 Å². The molecule has 1 rings (SSSR count). The van der Waals surface area contributed by atoms with E-state index in [0.717, 1.165) is 19.1 Å². The summed E-state index contributed by atoms with van der Waals surface area (Å²) in [6.07, 6.45) is -6.98. The van der Waals surface area contributed by atoms with Crippen molar-refractivity contribution >= 4 is 17.4 Å². The van der Waals surface area contributed by atoms with Gasteiger partial charge in [0.1, 0.15) is 0 Å². The minimum atomic E-state index is -7.12. The van der Waals surface area contributed by atoms with Gasteiger partial charge in [-0.15, -0.1) is 0 Å². The highest BCUT2D eigenvalue weighted by atomic mass is 35.5. The maximum Gasteiger partial charge on any atom is 0.460 e. The molecule has 0 saturated heterocycles. The molecular formula is C12H6ClF9O. The Bertz CT molecular complexity index is 621.